The van der Waals surface area contributed by atoms with E-state index in [4.69, 9.17) is 5.84 Å². The minimum atomic E-state index is 0.289. The van der Waals surface area contributed by atoms with Gasteiger partial charge in [0.05, 0.1) is 6.54 Å². The monoisotopic (exact) mass is 162 g/mol. The zero-order valence-electron chi connectivity index (χ0n) is 6.57. The lowest BCUT2D eigenvalue weighted by Crippen LogP contribution is -2.26. The maximum Gasteiger partial charge on any atom is 0.115 e. The molecule has 0 saturated carbocycles. The Labute approximate surface area is 70.7 Å². The highest BCUT2D eigenvalue weighted by Gasteiger charge is 2.07. The summed E-state index contributed by atoms with van der Waals surface area (Å²) < 4.78 is 0. The van der Waals surface area contributed by atoms with Crippen LogP contribution in [0, 0.1) is 0 Å². The second-order valence-corrected chi connectivity index (χ2v) is 2.87. The maximum atomic E-state index is 9.19. The Hall–Kier alpha value is -1.48. The number of nitrogens with zero attached hydrogens (tertiary/aromatic N) is 1. The van der Waals surface area contributed by atoms with Crippen LogP contribution >= 0.6 is 0 Å². The molecule has 0 unspecified atom stereocenters. The molecule has 1 heterocycles. The van der Waals surface area contributed by atoms with Crippen LogP contribution in [0.1, 0.15) is 11.1 Å². The van der Waals surface area contributed by atoms with Crippen molar-refractivity contribution in [1.29, 1.82) is 0 Å². The first-order valence-corrected chi connectivity index (χ1v) is 3.77. The normalized spacial score (nSPS) is 14.6. The fourth-order valence-corrected chi connectivity index (χ4v) is 1.32. The lowest BCUT2D eigenvalue weighted by molar-refractivity contribution is 0.383. The Kier molecular flexibility index (Phi) is 1.52. The number of phenols is 1. The zero-order valence-corrected chi connectivity index (χ0v) is 6.57. The van der Waals surface area contributed by atoms with Crippen molar-refractivity contribution >= 4 is 6.08 Å². The van der Waals surface area contributed by atoms with Gasteiger partial charge < -0.3 is 10.1 Å². The van der Waals surface area contributed by atoms with Crippen LogP contribution in [0.5, 0.6) is 5.75 Å². The van der Waals surface area contributed by atoms with Crippen molar-refractivity contribution in [2.24, 2.45) is 5.84 Å². The van der Waals surface area contributed by atoms with E-state index < -0.39 is 0 Å². The summed E-state index contributed by atoms with van der Waals surface area (Å²) >= 11 is 0. The molecule has 0 atom stereocenters. The van der Waals surface area contributed by atoms with Gasteiger partial charge in [0.15, 0.2) is 0 Å². The Bertz CT molecular complexity index is 333. The van der Waals surface area contributed by atoms with Gasteiger partial charge in [-0.15, -0.1) is 0 Å². The standard InChI is InChI=1S/C9H10N2O/c10-11-4-3-7-1-2-9(12)5-8(7)6-11/h1-5,12H,6,10H2. The smallest absolute Gasteiger partial charge is 0.115 e. The molecule has 62 valence electrons. The molecule has 1 aliphatic rings. The van der Waals surface area contributed by atoms with Gasteiger partial charge in [-0.2, -0.15) is 0 Å². The van der Waals surface area contributed by atoms with Crippen LogP contribution in [-0.4, -0.2) is 10.1 Å². The first kappa shape index (κ1) is 7.18. The van der Waals surface area contributed by atoms with E-state index in [1.807, 2.05) is 18.3 Å². The predicted octanol–water partition coefficient (Wildman–Crippen LogP) is 1.05. The highest BCUT2D eigenvalue weighted by molar-refractivity contribution is 5.57. The molecule has 0 fully saturated rings. The topological polar surface area (TPSA) is 49.5 Å². The van der Waals surface area contributed by atoms with Crippen LogP contribution in [-0.2, 0) is 6.54 Å². The van der Waals surface area contributed by atoms with Gasteiger partial charge in [0.2, 0.25) is 0 Å². The lowest BCUT2D eigenvalue weighted by Gasteiger charge is -2.19. The van der Waals surface area contributed by atoms with Gasteiger partial charge in [-0.25, -0.2) is 5.84 Å². The minimum absolute atomic E-state index is 0.289. The van der Waals surface area contributed by atoms with Gasteiger partial charge in [0, 0.05) is 6.20 Å². The van der Waals surface area contributed by atoms with Crippen molar-refractivity contribution in [2.45, 2.75) is 6.54 Å². The van der Waals surface area contributed by atoms with Gasteiger partial charge in [-0.3, -0.25) is 0 Å². The summed E-state index contributed by atoms with van der Waals surface area (Å²) in [6, 6.07) is 5.29. The SMILES string of the molecule is NN1C=Cc2ccc(O)cc2C1. The van der Waals surface area contributed by atoms with Crippen LogP contribution in [0.2, 0.25) is 0 Å². The molecule has 0 amide bonds. The largest absolute Gasteiger partial charge is 0.508 e. The second-order valence-electron chi connectivity index (χ2n) is 2.87. The number of benzene rings is 1. The van der Waals surface area contributed by atoms with Crippen LogP contribution in [0.4, 0.5) is 0 Å². The molecule has 3 nitrogen and oxygen atoms in total. The summed E-state index contributed by atoms with van der Waals surface area (Å²) in [7, 11) is 0. The van der Waals surface area contributed by atoms with Crippen molar-refractivity contribution in [3.05, 3.63) is 35.5 Å². The van der Waals surface area contributed by atoms with Crippen molar-refractivity contribution in [3.8, 4) is 5.75 Å². The van der Waals surface area contributed by atoms with E-state index in [-0.39, 0.29) is 5.75 Å². The predicted molar refractivity (Wildman–Crippen MR) is 46.9 cm³/mol. The molecule has 1 aromatic rings. The number of aromatic hydroxyl groups is 1. The third kappa shape index (κ3) is 1.14. The Morgan fingerprint density at radius 3 is 3.08 bits per heavy atom. The molecule has 0 bridgehead atoms. The Balaban J connectivity index is 2.47. The van der Waals surface area contributed by atoms with Gasteiger partial charge in [0.25, 0.3) is 0 Å². The molecule has 0 radical (unpaired) electrons. The third-order valence-corrected chi connectivity index (χ3v) is 1.93. The highest BCUT2D eigenvalue weighted by Crippen LogP contribution is 2.21. The molecule has 1 aliphatic heterocycles. The van der Waals surface area contributed by atoms with Gasteiger partial charge in [0.1, 0.15) is 5.75 Å². The Morgan fingerprint density at radius 1 is 1.42 bits per heavy atom. The fourth-order valence-electron chi connectivity index (χ4n) is 1.32. The number of hydrazine groups is 1. The van der Waals surface area contributed by atoms with Crippen LogP contribution < -0.4 is 5.84 Å². The Morgan fingerprint density at radius 2 is 2.25 bits per heavy atom. The first-order valence-electron chi connectivity index (χ1n) is 3.77. The van der Waals surface area contributed by atoms with Crippen molar-refractivity contribution in [2.75, 3.05) is 0 Å². The van der Waals surface area contributed by atoms with Crippen molar-refractivity contribution in [1.82, 2.24) is 5.01 Å². The summed E-state index contributed by atoms with van der Waals surface area (Å²) in [5.74, 6) is 5.85. The average Bonchev–Trinajstić information content (AvgIpc) is 2.03. The first-order chi connectivity index (χ1) is 5.75. The summed E-state index contributed by atoms with van der Waals surface area (Å²) in [5.41, 5.74) is 2.18. The van der Waals surface area contributed by atoms with E-state index in [1.54, 1.807) is 17.1 Å². The fraction of sp³-hybridized carbons (Fsp3) is 0.111. The number of nitrogens with two attached hydrogens (primary N) is 1. The lowest BCUT2D eigenvalue weighted by atomic mass is 10.0. The zero-order chi connectivity index (χ0) is 8.55. The van der Waals surface area contributed by atoms with E-state index >= 15 is 0 Å². The van der Waals surface area contributed by atoms with Gasteiger partial charge in [-0.1, -0.05) is 6.07 Å². The molecule has 0 aromatic heterocycles. The molecule has 3 heteroatoms. The van der Waals surface area contributed by atoms with E-state index in [2.05, 4.69) is 0 Å². The van der Waals surface area contributed by atoms with E-state index in [0.29, 0.717) is 6.54 Å². The summed E-state index contributed by atoms with van der Waals surface area (Å²) in [4.78, 5) is 0. The van der Waals surface area contributed by atoms with E-state index in [9.17, 15) is 5.11 Å². The van der Waals surface area contributed by atoms with Crippen LogP contribution in [0.15, 0.2) is 24.4 Å². The van der Waals surface area contributed by atoms with E-state index in [0.717, 1.165) is 11.1 Å². The number of phenolic OH excluding ortho intramolecular Hbond substituents is 1. The third-order valence-electron chi connectivity index (χ3n) is 1.93. The molecule has 2 rings (SSSR count). The van der Waals surface area contributed by atoms with E-state index in [1.165, 1.54) is 0 Å². The van der Waals surface area contributed by atoms with Gasteiger partial charge in [-0.05, 0) is 29.3 Å². The molecule has 0 saturated heterocycles. The second kappa shape index (κ2) is 2.53. The number of rotatable bonds is 0. The molecule has 0 aliphatic carbocycles. The average molecular weight is 162 g/mol. The molecule has 1 aromatic carbocycles. The molecule has 3 N–H and O–H groups in total. The molecular formula is C9H10N2O. The summed E-state index contributed by atoms with van der Waals surface area (Å²) in [6.07, 6.45) is 3.75. The quantitative estimate of drug-likeness (QED) is 0.561. The molecule has 12 heavy (non-hydrogen) atoms. The molecular weight excluding hydrogens is 152 g/mol. The number of fused-ring (bicyclic) bond motifs is 1. The summed E-state index contributed by atoms with van der Waals surface area (Å²) in [5, 5.41) is 10.8. The number of hydrogen-bond acceptors (Lipinski definition) is 3. The number of hydrogen-bond donors (Lipinski definition) is 2. The maximum absolute atomic E-state index is 9.19. The van der Waals surface area contributed by atoms with Crippen LogP contribution in [0.3, 0.4) is 0 Å². The van der Waals surface area contributed by atoms with Crippen molar-refractivity contribution in [3.63, 3.8) is 0 Å². The molecule has 0 spiro atoms. The highest BCUT2D eigenvalue weighted by atomic mass is 16.3. The van der Waals surface area contributed by atoms with Gasteiger partial charge >= 0.3 is 0 Å². The minimum Gasteiger partial charge on any atom is -0.508 e. The van der Waals surface area contributed by atoms with Crippen LogP contribution in [0.25, 0.3) is 6.08 Å². The summed E-state index contributed by atoms with van der Waals surface area (Å²) in [6.45, 7) is 0.653. The van der Waals surface area contributed by atoms with Crippen molar-refractivity contribution < 1.29 is 5.11 Å².